The van der Waals surface area contributed by atoms with Crippen molar-refractivity contribution in [2.24, 2.45) is 0 Å². The standard InChI is InChI=1S/C9H6N2O5/c12-8(13)4-1-2-5-6(3-4)11(16)7(10-5)9(14)15/h1-3,16H,(H,12,13)(H,14,15). The van der Waals surface area contributed by atoms with E-state index in [-0.39, 0.29) is 16.6 Å². The minimum atomic E-state index is -1.39. The van der Waals surface area contributed by atoms with E-state index in [4.69, 9.17) is 10.2 Å². The zero-order valence-corrected chi connectivity index (χ0v) is 7.78. The largest absolute Gasteiger partial charge is 0.478 e. The minimum Gasteiger partial charge on any atom is -0.478 e. The van der Waals surface area contributed by atoms with E-state index >= 15 is 0 Å². The molecule has 16 heavy (non-hydrogen) atoms. The molecule has 2 aromatic rings. The average Bonchev–Trinajstić information content (AvgIpc) is 2.56. The molecular formula is C9H6N2O5. The molecule has 0 radical (unpaired) electrons. The zero-order chi connectivity index (χ0) is 11.9. The number of rotatable bonds is 2. The van der Waals surface area contributed by atoms with E-state index in [1.54, 1.807) is 0 Å². The summed E-state index contributed by atoms with van der Waals surface area (Å²) in [7, 11) is 0. The first kappa shape index (κ1) is 9.97. The Labute approximate surface area is 88.1 Å². The Morgan fingerprint density at radius 1 is 1.19 bits per heavy atom. The highest BCUT2D eigenvalue weighted by Gasteiger charge is 2.17. The molecular weight excluding hydrogens is 216 g/mol. The minimum absolute atomic E-state index is 0.0392. The summed E-state index contributed by atoms with van der Waals surface area (Å²) in [6, 6.07) is 3.76. The predicted molar refractivity (Wildman–Crippen MR) is 50.8 cm³/mol. The van der Waals surface area contributed by atoms with Crippen molar-refractivity contribution in [2.75, 3.05) is 0 Å². The lowest BCUT2D eigenvalue weighted by Gasteiger charge is -1.96. The smallest absolute Gasteiger partial charge is 0.375 e. The molecule has 3 N–H and O–H groups in total. The molecule has 1 aromatic heterocycles. The lowest BCUT2D eigenvalue weighted by atomic mass is 10.2. The first-order chi connectivity index (χ1) is 7.50. The van der Waals surface area contributed by atoms with E-state index in [1.165, 1.54) is 12.1 Å². The van der Waals surface area contributed by atoms with Gasteiger partial charge in [-0.15, -0.1) is 0 Å². The summed E-state index contributed by atoms with van der Waals surface area (Å²) in [5.74, 6) is -3.12. The fourth-order valence-corrected chi connectivity index (χ4v) is 1.33. The number of hydrogen-bond donors (Lipinski definition) is 3. The van der Waals surface area contributed by atoms with Crippen LogP contribution < -0.4 is 0 Å². The van der Waals surface area contributed by atoms with Crippen molar-refractivity contribution in [1.82, 2.24) is 9.71 Å². The molecule has 0 spiro atoms. The van der Waals surface area contributed by atoms with Crippen molar-refractivity contribution in [1.29, 1.82) is 0 Å². The van der Waals surface area contributed by atoms with Gasteiger partial charge in [0.2, 0.25) is 0 Å². The van der Waals surface area contributed by atoms with E-state index in [1.807, 2.05) is 0 Å². The van der Waals surface area contributed by atoms with Gasteiger partial charge in [0.25, 0.3) is 5.82 Å². The van der Waals surface area contributed by atoms with Crippen LogP contribution in [0.2, 0.25) is 0 Å². The first-order valence-electron chi connectivity index (χ1n) is 4.19. The topological polar surface area (TPSA) is 113 Å². The van der Waals surface area contributed by atoms with Crippen LogP contribution in [0.25, 0.3) is 11.0 Å². The zero-order valence-electron chi connectivity index (χ0n) is 7.78. The van der Waals surface area contributed by atoms with Gasteiger partial charge in [0, 0.05) is 0 Å². The molecule has 2 rings (SSSR count). The summed E-state index contributed by atoms with van der Waals surface area (Å²) in [5, 5.41) is 26.9. The van der Waals surface area contributed by atoms with E-state index in [9.17, 15) is 14.8 Å². The lowest BCUT2D eigenvalue weighted by molar-refractivity contribution is 0.0638. The number of carboxylic acid groups (broad SMARTS) is 2. The van der Waals surface area contributed by atoms with Gasteiger partial charge in [-0.1, -0.05) is 0 Å². The Morgan fingerprint density at radius 3 is 2.44 bits per heavy atom. The number of carboxylic acids is 2. The Bertz CT molecular complexity index is 601. The lowest BCUT2D eigenvalue weighted by Crippen LogP contribution is -2.06. The Hall–Kier alpha value is -2.57. The number of fused-ring (bicyclic) bond motifs is 1. The molecule has 82 valence electrons. The molecule has 0 aliphatic heterocycles. The second-order valence-electron chi connectivity index (χ2n) is 3.06. The maximum absolute atomic E-state index is 10.7. The summed E-state index contributed by atoms with van der Waals surface area (Å²) in [5.41, 5.74) is 0.196. The van der Waals surface area contributed by atoms with E-state index in [2.05, 4.69) is 4.98 Å². The normalized spacial score (nSPS) is 10.5. The van der Waals surface area contributed by atoms with Gasteiger partial charge in [-0.3, -0.25) is 0 Å². The number of aromatic nitrogens is 2. The van der Waals surface area contributed by atoms with Crippen LogP contribution in [0.1, 0.15) is 21.0 Å². The second kappa shape index (κ2) is 3.23. The number of carbonyl (C=O) groups is 2. The highest BCUT2D eigenvalue weighted by molar-refractivity contribution is 5.94. The molecule has 7 heteroatoms. The molecule has 0 bridgehead atoms. The number of benzene rings is 1. The van der Waals surface area contributed by atoms with Crippen LogP contribution in [-0.4, -0.2) is 37.1 Å². The fraction of sp³-hybridized carbons (Fsp3) is 0. The van der Waals surface area contributed by atoms with Gasteiger partial charge in [0.05, 0.1) is 11.1 Å². The molecule has 0 aliphatic rings. The van der Waals surface area contributed by atoms with Crippen LogP contribution in [0.15, 0.2) is 18.2 Å². The van der Waals surface area contributed by atoms with E-state index in [0.29, 0.717) is 4.73 Å². The van der Waals surface area contributed by atoms with Gasteiger partial charge in [0.15, 0.2) is 0 Å². The van der Waals surface area contributed by atoms with Gasteiger partial charge >= 0.3 is 11.9 Å². The highest BCUT2D eigenvalue weighted by Crippen LogP contribution is 2.16. The van der Waals surface area contributed by atoms with Crippen molar-refractivity contribution in [3.05, 3.63) is 29.6 Å². The molecule has 0 aliphatic carbocycles. The third-order valence-electron chi connectivity index (χ3n) is 2.07. The van der Waals surface area contributed by atoms with Gasteiger partial charge in [-0.05, 0) is 18.2 Å². The third-order valence-corrected chi connectivity index (χ3v) is 2.07. The first-order valence-corrected chi connectivity index (χ1v) is 4.19. The third kappa shape index (κ3) is 1.34. The number of hydrogen-bond acceptors (Lipinski definition) is 4. The van der Waals surface area contributed by atoms with Gasteiger partial charge < -0.3 is 15.4 Å². The van der Waals surface area contributed by atoms with Crippen molar-refractivity contribution in [3.63, 3.8) is 0 Å². The molecule has 1 heterocycles. The summed E-state index contributed by atoms with van der Waals surface area (Å²) in [6.45, 7) is 0. The number of aromatic carboxylic acids is 2. The number of nitrogens with zero attached hydrogens (tertiary/aromatic N) is 2. The van der Waals surface area contributed by atoms with Gasteiger partial charge in [-0.2, -0.15) is 4.73 Å². The molecule has 0 atom stereocenters. The predicted octanol–water partition coefficient (Wildman–Crippen LogP) is 0.670. The summed E-state index contributed by atoms with van der Waals surface area (Å²) >= 11 is 0. The molecule has 0 saturated carbocycles. The molecule has 0 unspecified atom stereocenters. The van der Waals surface area contributed by atoms with E-state index < -0.39 is 17.8 Å². The summed E-state index contributed by atoms with van der Waals surface area (Å²) < 4.78 is 0.351. The van der Waals surface area contributed by atoms with Crippen molar-refractivity contribution in [3.8, 4) is 0 Å². The van der Waals surface area contributed by atoms with Crippen LogP contribution in [0.5, 0.6) is 0 Å². The Kier molecular flexibility index (Phi) is 2.01. The maximum atomic E-state index is 10.7. The van der Waals surface area contributed by atoms with Crippen LogP contribution in [0.3, 0.4) is 0 Å². The molecule has 7 nitrogen and oxygen atoms in total. The van der Waals surface area contributed by atoms with Crippen LogP contribution in [0, 0.1) is 0 Å². The molecule has 0 fully saturated rings. The van der Waals surface area contributed by atoms with Crippen molar-refractivity contribution < 1.29 is 25.0 Å². The van der Waals surface area contributed by atoms with Crippen molar-refractivity contribution in [2.45, 2.75) is 0 Å². The summed E-state index contributed by atoms with van der Waals surface area (Å²) in [6.07, 6.45) is 0. The maximum Gasteiger partial charge on any atom is 0.375 e. The molecule has 1 aromatic carbocycles. The molecule has 0 saturated heterocycles. The second-order valence-corrected chi connectivity index (χ2v) is 3.06. The van der Waals surface area contributed by atoms with Crippen LogP contribution in [-0.2, 0) is 0 Å². The highest BCUT2D eigenvalue weighted by atomic mass is 16.5. The monoisotopic (exact) mass is 222 g/mol. The Balaban J connectivity index is 2.73. The number of imidazole rings is 1. The quantitative estimate of drug-likeness (QED) is 0.643. The SMILES string of the molecule is O=C(O)c1ccc2nc(C(=O)O)n(O)c2c1. The van der Waals surface area contributed by atoms with E-state index in [0.717, 1.165) is 6.07 Å². The van der Waals surface area contributed by atoms with Crippen molar-refractivity contribution >= 4 is 23.0 Å². The van der Waals surface area contributed by atoms with Crippen LogP contribution >= 0.6 is 0 Å². The Morgan fingerprint density at radius 2 is 1.88 bits per heavy atom. The summed E-state index contributed by atoms with van der Waals surface area (Å²) in [4.78, 5) is 25.0. The van der Waals surface area contributed by atoms with Gasteiger partial charge in [-0.25, -0.2) is 14.6 Å². The average molecular weight is 222 g/mol. The fourth-order valence-electron chi connectivity index (χ4n) is 1.33. The van der Waals surface area contributed by atoms with Crippen LogP contribution in [0.4, 0.5) is 0 Å². The van der Waals surface area contributed by atoms with Gasteiger partial charge in [0.1, 0.15) is 5.52 Å². The molecule has 0 amide bonds.